The zero-order valence-corrected chi connectivity index (χ0v) is 13.9. The van der Waals surface area contributed by atoms with Crippen LogP contribution in [0, 0.1) is 0 Å². The van der Waals surface area contributed by atoms with Gasteiger partial charge in [0.1, 0.15) is 31.1 Å². The van der Waals surface area contributed by atoms with Gasteiger partial charge >= 0.3 is 0 Å². The van der Waals surface area contributed by atoms with Crippen molar-refractivity contribution in [2.45, 2.75) is 19.3 Å². The first kappa shape index (κ1) is 15.7. The monoisotopic (exact) mass is 340 g/mol. The van der Waals surface area contributed by atoms with Gasteiger partial charge in [0.2, 0.25) is 0 Å². The minimum absolute atomic E-state index is 0.266. The molecule has 1 aromatic heterocycles. The summed E-state index contributed by atoms with van der Waals surface area (Å²) in [7, 11) is 0. The quantitative estimate of drug-likeness (QED) is 0.925. The largest absolute Gasteiger partial charge is 0.486 e. The van der Waals surface area contributed by atoms with Crippen LogP contribution in [0.25, 0.3) is 0 Å². The SMILES string of the molecule is O=C(Nc1ccc2c(c1)OCCO2)c1cc(N2CCCCC2)ncn1. The second-order valence-corrected chi connectivity index (χ2v) is 6.12. The molecule has 4 rings (SSSR count). The van der Waals surface area contributed by atoms with Crippen molar-refractivity contribution in [3.63, 3.8) is 0 Å². The lowest BCUT2D eigenvalue weighted by Crippen LogP contribution is -2.30. The van der Waals surface area contributed by atoms with E-state index in [-0.39, 0.29) is 5.91 Å². The van der Waals surface area contributed by atoms with Crippen LogP contribution in [0.4, 0.5) is 11.5 Å². The lowest BCUT2D eigenvalue weighted by Gasteiger charge is -2.27. The predicted molar refractivity (Wildman–Crippen MR) is 93.5 cm³/mol. The fraction of sp³-hybridized carbons (Fsp3) is 0.389. The molecule has 0 saturated carbocycles. The molecule has 1 aromatic carbocycles. The Labute approximate surface area is 146 Å². The second kappa shape index (κ2) is 6.96. The molecule has 2 aliphatic rings. The maximum absolute atomic E-state index is 12.5. The molecule has 25 heavy (non-hydrogen) atoms. The summed E-state index contributed by atoms with van der Waals surface area (Å²) in [6.45, 7) is 2.99. The maximum atomic E-state index is 12.5. The number of rotatable bonds is 3. The summed E-state index contributed by atoms with van der Waals surface area (Å²) in [5.74, 6) is 1.87. The molecule has 0 aliphatic carbocycles. The Morgan fingerprint density at radius 1 is 1.00 bits per heavy atom. The number of anilines is 2. The van der Waals surface area contributed by atoms with Gasteiger partial charge in [-0.1, -0.05) is 0 Å². The number of piperidine rings is 1. The summed E-state index contributed by atoms with van der Waals surface area (Å²) in [5.41, 5.74) is 0.998. The summed E-state index contributed by atoms with van der Waals surface area (Å²) < 4.78 is 11.0. The number of fused-ring (bicyclic) bond motifs is 1. The van der Waals surface area contributed by atoms with Crippen LogP contribution in [0.15, 0.2) is 30.6 Å². The third-order valence-electron chi connectivity index (χ3n) is 4.37. The Balaban J connectivity index is 1.49. The van der Waals surface area contributed by atoms with E-state index in [1.165, 1.54) is 12.7 Å². The zero-order valence-electron chi connectivity index (χ0n) is 13.9. The number of hydrogen-bond acceptors (Lipinski definition) is 6. The lowest BCUT2D eigenvalue weighted by atomic mass is 10.1. The minimum Gasteiger partial charge on any atom is -0.486 e. The third kappa shape index (κ3) is 3.50. The lowest BCUT2D eigenvalue weighted by molar-refractivity contribution is 0.102. The normalized spacial score (nSPS) is 16.4. The number of hydrogen-bond donors (Lipinski definition) is 1. The standard InChI is InChI=1S/C18H20N4O3/c23-18(21-13-4-5-15-16(10-13)25-9-8-24-15)14-11-17(20-12-19-14)22-6-2-1-3-7-22/h4-5,10-12H,1-3,6-9H2,(H,21,23). The Bertz CT molecular complexity index is 775. The summed E-state index contributed by atoms with van der Waals surface area (Å²) >= 11 is 0. The summed E-state index contributed by atoms with van der Waals surface area (Å²) in [4.78, 5) is 23.1. The van der Waals surface area contributed by atoms with Gasteiger partial charge in [0.15, 0.2) is 11.5 Å². The Morgan fingerprint density at radius 2 is 1.80 bits per heavy atom. The van der Waals surface area contributed by atoms with E-state index in [0.717, 1.165) is 31.7 Å². The molecule has 1 amide bonds. The fourth-order valence-corrected chi connectivity index (χ4v) is 3.08. The first-order valence-electron chi connectivity index (χ1n) is 8.57. The minimum atomic E-state index is -0.266. The number of nitrogens with zero attached hydrogens (tertiary/aromatic N) is 3. The molecule has 0 radical (unpaired) electrons. The van der Waals surface area contributed by atoms with Crippen LogP contribution in [-0.2, 0) is 0 Å². The van der Waals surface area contributed by atoms with Crippen LogP contribution in [0.2, 0.25) is 0 Å². The van der Waals surface area contributed by atoms with Crippen molar-refractivity contribution in [1.29, 1.82) is 0 Å². The van der Waals surface area contributed by atoms with E-state index < -0.39 is 0 Å². The van der Waals surface area contributed by atoms with E-state index in [0.29, 0.717) is 36.1 Å². The number of carbonyl (C=O) groups excluding carboxylic acids is 1. The summed E-state index contributed by atoms with van der Waals surface area (Å²) in [6, 6.07) is 7.10. The molecule has 1 saturated heterocycles. The van der Waals surface area contributed by atoms with Crippen molar-refractivity contribution in [3.05, 3.63) is 36.3 Å². The molecule has 1 N–H and O–H groups in total. The molecule has 130 valence electrons. The number of nitrogens with one attached hydrogen (secondary N) is 1. The van der Waals surface area contributed by atoms with Crippen molar-refractivity contribution in [2.24, 2.45) is 0 Å². The molecule has 0 bridgehead atoms. The van der Waals surface area contributed by atoms with E-state index in [2.05, 4.69) is 20.2 Å². The van der Waals surface area contributed by atoms with Gasteiger partial charge in [-0.05, 0) is 31.4 Å². The first-order valence-corrected chi connectivity index (χ1v) is 8.57. The van der Waals surface area contributed by atoms with Crippen molar-refractivity contribution in [1.82, 2.24) is 9.97 Å². The molecule has 2 aliphatic heterocycles. The van der Waals surface area contributed by atoms with Gasteiger partial charge in [-0.3, -0.25) is 4.79 Å². The molecule has 1 fully saturated rings. The van der Waals surface area contributed by atoms with E-state index in [1.54, 1.807) is 24.3 Å². The second-order valence-electron chi connectivity index (χ2n) is 6.12. The Morgan fingerprint density at radius 3 is 2.64 bits per heavy atom. The van der Waals surface area contributed by atoms with Crippen LogP contribution >= 0.6 is 0 Å². The number of aromatic nitrogens is 2. The van der Waals surface area contributed by atoms with Crippen molar-refractivity contribution in [2.75, 3.05) is 36.5 Å². The highest BCUT2D eigenvalue weighted by molar-refractivity contribution is 6.03. The predicted octanol–water partition coefficient (Wildman–Crippen LogP) is 2.49. The highest BCUT2D eigenvalue weighted by Crippen LogP contribution is 2.32. The van der Waals surface area contributed by atoms with Crippen molar-refractivity contribution in [3.8, 4) is 11.5 Å². The molecule has 0 atom stereocenters. The summed E-state index contributed by atoms with van der Waals surface area (Å²) in [6.07, 6.45) is 5.01. The molecule has 7 nitrogen and oxygen atoms in total. The topological polar surface area (TPSA) is 76.6 Å². The van der Waals surface area contributed by atoms with Gasteiger partial charge in [-0.2, -0.15) is 0 Å². The number of amides is 1. The molecule has 0 spiro atoms. The van der Waals surface area contributed by atoms with Gasteiger partial charge in [-0.25, -0.2) is 9.97 Å². The van der Waals surface area contributed by atoms with Crippen molar-refractivity contribution >= 4 is 17.4 Å². The Kier molecular flexibility index (Phi) is 4.37. The molecule has 2 aromatic rings. The van der Waals surface area contributed by atoms with Gasteiger partial charge in [-0.15, -0.1) is 0 Å². The van der Waals surface area contributed by atoms with E-state index in [9.17, 15) is 4.79 Å². The van der Waals surface area contributed by atoms with Gasteiger partial charge in [0, 0.05) is 30.9 Å². The van der Waals surface area contributed by atoms with Gasteiger partial charge < -0.3 is 19.7 Å². The Hall–Kier alpha value is -2.83. The fourth-order valence-electron chi connectivity index (χ4n) is 3.08. The average Bonchev–Trinajstić information content (AvgIpc) is 2.69. The summed E-state index contributed by atoms with van der Waals surface area (Å²) in [5, 5.41) is 2.86. The smallest absolute Gasteiger partial charge is 0.274 e. The number of benzene rings is 1. The number of ether oxygens (including phenoxy) is 2. The third-order valence-corrected chi connectivity index (χ3v) is 4.37. The molecular formula is C18H20N4O3. The molecular weight excluding hydrogens is 320 g/mol. The van der Waals surface area contributed by atoms with Crippen LogP contribution < -0.4 is 19.7 Å². The van der Waals surface area contributed by atoms with Crippen LogP contribution in [-0.4, -0.2) is 42.2 Å². The molecule has 0 unspecified atom stereocenters. The van der Waals surface area contributed by atoms with Gasteiger partial charge in [0.05, 0.1) is 0 Å². The average molecular weight is 340 g/mol. The van der Waals surface area contributed by atoms with E-state index >= 15 is 0 Å². The van der Waals surface area contributed by atoms with E-state index in [4.69, 9.17) is 9.47 Å². The highest BCUT2D eigenvalue weighted by atomic mass is 16.6. The van der Waals surface area contributed by atoms with E-state index in [1.807, 2.05) is 0 Å². The van der Waals surface area contributed by atoms with Gasteiger partial charge in [0.25, 0.3) is 5.91 Å². The van der Waals surface area contributed by atoms with Crippen molar-refractivity contribution < 1.29 is 14.3 Å². The van der Waals surface area contributed by atoms with Crippen LogP contribution in [0.1, 0.15) is 29.8 Å². The van der Waals surface area contributed by atoms with Crippen LogP contribution in [0.3, 0.4) is 0 Å². The molecule has 7 heteroatoms. The van der Waals surface area contributed by atoms with Crippen LogP contribution in [0.5, 0.6) is 11.5 Å². The maximum Gasteiger partial charge on any atom is 0.274 e. The highest BCUT2D eigenvalue weighted by Gasteiger charge is 2.17. The zero-order chi connectivity index (χ0) is 17.1. The first-order chi connectivity index (χ1) is 12.3. The molecule has 3 heterocycles. The number of carbonyl (C=O) groups is 1.